The Morgan fingerprint density at radius 2 is 0.753 bits per heavy atom. The first-order chi connectivity index (χ1) is 43.7. The predicted octanol–water partition coefficient (Wildman–Crippen LogP) is 20.5. The minimum atomic E-state index is -1.57. The minimum absolute atomic E-state index is 0.0103. The van der Waals surface area contributed by atoms with E-state index < -0.39 is 49.5 Å². The van der Waals surface area contributed by atoms with Crippen molar-refractivity contribution >= 4 is 11.9 Å². The van der Waals surface area contributed by atoms with Crippen LogP contribution in [0.1, 0.15) is 386 Å². The van der Waals surface area contributed by atoms with Gasteiger partial charge in [-0.2, -0.15) is 0 Å². The summed E-state index contributed by atoms with van der Waals surface area (Å²) >= 11 is 0. The molecule has 0 aliphatic carbocycles. The van der Waals surface area contributed by atoms with Gasteiger partial charge in [-0.15, -0.1) is 0 Å². The van der Waals surface area contributed by atoms with E-state index in [0.717, 1.165) is 57.8 Å². The lowest BCUT2D eigenvalue weighted by Gasteiger charge is -2.40. The van der Waals surface area contributed by atoms with Crippen molar-refractivity contribution in [2.75, 3.05) is 19.8 Å². The number of amides is 1. The summed E-state index contributed by atoms with van der Waals surface area (Å²) in [4.78, 5) is 25.1. The number of rotatable bonds is 69. The maximum absolute atomic E-state index is 13.1. The molecular formula is C78H147NO10. The molecule has 0 bridgehead atoms. The van der Waals surface area contributed by atoms with Crippen LogP contribution in [0.2, 0.25) is 0 Å². The number of nitrogens with one attached hydrogen (secondary N) is 1. The second-order valence-electron chi connectivity index (χ2n) is 27.1. The summed E-state index contributed by atoms with van der Waals surface area (Å²) in [5, 5.41) is 54.6. The molecule has 11 heteroatoms. The number of hydrogen-bond acceptors (Lipinski definition) is 10. The standard InChI is InChI=1S/C78H147NO10/c1-3-5-7-9-11-13-15-16-38-41-45-48-52-56-60-64-71(81)70(69-88-78-77(86)76(85)75(84)72(68-80)89-78)79-73(82)65-61-57-53-49-46-42-39-36-34-32-30-28-26-24-22-20-18-17-19-21-23-25-27-29-31-33-35-37-40-43-47-51-55-59-63-67-87-74(83)66-62-58-54-50-44-14-12-10-8-6-4-2/h19,21,25,27,60,64,70-72,75-78,80-81,84-86H,3-18,20,22-24,26,28-59,61-63,65-69H2,1-2H3,(H,79,82)/b21-19-,27-25-,64-60+. The number of esters is 1. The molecule has 1 rings (SSSR count). The van der Waals surface area contributed by atoms with E-state index in [0.29, 0.717) is 19.4 Å². The average Bonchev–Trinajstić information content (AvgIpc) is 2.74. The summed E-state index contributed by atoms with van der Waals surface area (Å²) in [5.74, 6) is -0.166. The topological polar surface area (TPSA) is 175 Å². The molecule has 1 amide bonds. The van der Waals surface area contributed by atoms with Crippen molar-refractivity contribution in [1.29, 1.82) is 0 Å². The average molecular weight is 1260 g/mol. The van der Waals surface area contributed by atoms with E-state index in [9.17, 15) is 35.1 Å². The predicted molar refractivity (Wildman–Crippen MR) is 375 cm³/mol. The monoisotopic (exact) mass is 1260 g/mol. The van der Waals surface area contributed by atoms with Crippen LogP contribution >= 0.6 is 0 Å². The quantitative estimate of drug-likeness (QED) is 0.0195. The number of hydrogen-bond donors (Lipinski definition) is 6. The van der Waals surface area contributed by atoms with Gasteiger partial charge in [0.2, 0.25) is 5.91 Å². The Bertz CT molecular complexity index is 1570. The van der Waals surface area contributed by atoms with Gasteiger partial charge < -0.3 is 45.1 Å². The molecule has 0 aromatic rings. The van der Waals surface area contributed by atoms with E-state index in [1.54, 1.807) is 6.08 Å². The molecule has 1 aliphatic rings. The molecule has 1 heterocycles. The molecule has 89 heavy (non-hydrogen) atoms. The lowest BCUT2D eigenvalue weighted by molar-refractivity contribution is -0.302. The fourth-order valence-electron chi connectivity index (χ4n) is 12.4. The number of aliphatic hydroxyl groups is 5. The highest BCUT2D eigenvalue weighted by molar-refractivity contribution is 5.76. The Balaban J connectivity index is 1.96. The Morgan fingerprint density at radius 3 is 1.13 bits per heavy atom. The normalized spacial score (nSPS) is 17.9. The Labute approximate surface area is 549 Å². The second-order valence-corrected chi connectivity index (χ2v) is 27.1. The Morgan fingerprint density at radius 1 is 0.416 bits per heavy atom. The van der Waals surface area contributed by atoms with Crippen LogP contribution in [0.15, 0.2) is 36.5 Å². The van der Waals surface area contributed by atoms with Crippen LogP contribution in [0.3, 0.4) is 0 Å². The highest BCUT2D eigenvalue weighted by Crippen LogP contribution is 2.24. The van der Waals surface area contributed by atoms with Crippen molar-refractivity contribution in [3.05, 3.63) is 36.5 Å². The Kier molecular flexibility index (Phi) is 64.2. The summed E-state index contributed by atoms with van der Waals surface area (Å²) in [6.45, 7) is 4.39. The molecule has 0 spiro atoms. The number of carbonyl (C=O) groups excluding carboxylic acids is 2. The summed E-state index contributed by atoms with van der Waals surface area (Å²) < 4.78 is 16.8. The fourth-order valence-corrected chi connectivity index (χ4v) is 12.4. The largest absolute Gasteiger partial charge is 0.466 e. The van der Waals surface area contributed by atoms with Gasteiger partial charge in [-0.25, -0.2) is 0 Å². The third kappa shape index (κ3) is 56.0. The first-order valence-corrected chi connectivity index (χ1v) is 38.8. The first-order valence-electron chi connectivity index (χ1n) is 38.8. The molecular weight excluding hydrogens is 1110 g/mol. The molecule has 524 valence electrons. The van der Waals surface area contributed by atoms with Crippen LogP contribution < -0.4 is 5.32 Å². The van der Waals surface area contributed by atoms with E-state index in [4.69, 9.17) is 14.2 Å². The van der Waals surface area contributed by atoms with Crippen LogP contribution in [-0.4, -0.2) is 100 Å². The zero-order valence-electron chi connectivity index (χ0n) is 58.4. The van der Waals surface area contributed by atoms with Gasteiger partial charge in [-0.05, 0) is 64.2 Å². The van der Waals surface area contributed by atoms with Crippen LogP contribution in [0, 0.1) is 0 Å². The summed E-state index contributed by atoms with van der Waals surface area (Å²) in [6.07, 6.45) is 77.2. The van der Waals surface area contributed by atoms with Gasteiger partial charge in [0.15, 0.2) is 6.29 Å². The van der Waals surface area contributed by atoms with Crippen LogP contribution in [0.5, 0.6) is 0 Å². The molecule has 1 aliphatic heterocycles. The number of aliphatic hydroxyl groups excluding tert-OH is 5. The second kappa shape index (κ2) is 67.3. The summed E-state index contributed by atoms with van der Waals surface area (Å²) in [5.41, 5.74) is 0. The molecule has 1 fully saturated rings. The van der Waals surface area contributed by atoms with Gasteiger partial charge in [0, 0.05) is 12.8 Å². The molecule has 0 saturated carbocycles. The Hall–Kier alpha value is -2.12. The third-order valence-electron chi connectivity index (χ3n) is 18.5. The van der Waals surface area contributed by atoms with Crippen molar-refractivity contribution in [3.63, 3.8) is 0 Å². The molecule has 0 aromatic carbocycles. The van der Waals surface area contributed by atoms with E-state index in [1.165, 1.54) is 302 Å². The number of ether oxygens (including phenoxy) is 3. The van der Waals surface area contributed by atoms with Gasteiger partial charge in [-0.1, -0.05) is 346 Å². The molecule has 6 N–H and O–H groups in total. The zero-order valence-corrected chi connectivity index (χ0v) is 58.4. The van der Waals surface area contributed by atoms with Crippen molar-refractivity contribution in [2.24, 2.45) is 0 Å². The maximum atomic E-state index is 13.1. The molecule has 0 radical (unpaired) electrons. The third-order valence-corrected chi connectivity index (χ3v) is 18.5. The van der Waals surface area contributed by atoms with Crippen molar-refractivity contribution in [1.82, 2.24) is 5.32 Å². The number of allylic oxidation sites excluding steroid dienone is 5. The SMILES string of the molecule is CCCCCCCCCCCCCCC/C=C/C(O)C(COC1OC(CO)C(O)C(O)C1O)NC(=O)CCCCCCCCCCCCCCCCCCC/C=C\C/C=C\CCCCCCCCCCCCCOC(=O)CCCCCCCCCCCCC. The molecule has 7 unspecified atom stereocenters. The van der Waals surface area contributed by atoms with Crippen LogP contribution in [-0.2, 0) is 23.8 Å². The minimum Gasteiger partial charge on any atom is -0.466 e. The lowest BCUT2D eigenvalue weighted by Crippen LogP contribution is -2.60. The van der Waals surface area contributed by atoms with Gasteiger partial charge in [0.05, 0.1) is 32.0 Å². The van der Waals surface area contributed by atoms with Crippen molar-refractivity contribution in [2.45, 2.75) is 429 Å². The van der Waals surface area contributed by atoms with Crippen molar-refractivity contribution < 1.29 is 49.3 Å². The fraction of sp³-hybridized carbons (Fsp3) is 0.897. The lowest BCUT2D eigenvalue weighted by atomic mass is 9.99. The molecule has 0 aromatic heterocycles. The van der Waals surface area contributed by atoms with Gasteiger partial charge in [-0.3, -0.25) is 9.59 Å². The van der Waals surface area contributed by atoms with E-state index >= 15 is 0 Å². The van der Waals surface area contributed by atoms with E-state index in [1.807, 2.05) is 6.08 Å². The zero-order chi connectivity index (χ0) is 64.4. The number of unbranched alkanes of at least 4 members (excludes halogenated alkanes) is 51. The van der Waals surface area contributed by atoms with Gasteiger partial charge >= 0.3 is 5.97 Å². The highest BCUT2D eigenvalue weighted by Gasteiger charge is 2.44. The number of carbonyl (C=O) groups is 2. The molecule has 11 nitrogen and oxygen atoms in total. The van der Waals surface area contributed by atoms with E-state index in [2.05, 4.69) is 43.5 Å². The van der Waals surface area contributed by atoms with Crippen molar-refractivity contribution in [3.8, 4) is 0 Å². The van der Waals surface area contributed by atoms with Gasteiger partial charge in [0.25, 0.3) is 0 Å². The van der Waals surface area contributed by atoms with Gasteiger partial charge in [0.1, 0.15) is 24.4 Å². The highest BCUT2D eigenvalue weighted by atomic mass is 16.7. The summed E-state index contributed by atoms with van der Waals surface area (Å²) in [6, 6.07) is -0.809. The molecule has 7 atom stereocenters. The van der Waals surface area contributed by atoms with Crippen LogP contribution in [0.4, 0.5) is 0 Å². The van der Waals surface area contributed by atoms with E-state index in [-0.39, 0.29) is 18.5 Å². The van der Waals surface area contributed by atoms with Crippen LogP contribution in [0.25, 0.3) is 0 Å². The maximum Gasteiger partial charge on any atom is 0.305 e. The smallest absolute Gasteiger partial charge is 0.305 e. The molecule has 1 saturated heterocycles. The first kappa shape index (κ1) is 84.9. The summed E-state index contributed by atoms with van der Waals surface area (Å²) in [7, 11) is 0.